The second-order valence-corrected chi connectivity index (χ2v) is 2.91. The van der Waals surface area contributed by atoms with Crippen LogP contribution in [0.3, 0.4) is 0 Å². The number of rotatable bonds is 1. The van der Waals surface area contributed by atoms with Crippen LogP contribution < -0.4 is 0 Å². The molecule has 0 aromatic heterocycles. The van der Waals surface area contributed by atoms with Crippen LogP contribution in [-0.4, -0.2) is 0 Å². The molecule has 0 spiro atoms. The van der Waals surface area contributed by atoms with Gasteiger partial charge < -0.3 is 0 Å². The zero-order valence-corrected chi connectivity index (χ0v) is 8.17. The minimum atomic E-state index is 1.05. The molecule has 0 bridgehead atoms. The molecular formula is C13H14. The normalized spacial score (nSPS) is 10.5. The van der Waals surface area contributed by atoms with Crippen LogP contribution in [0.25, 0.3) is 0 Å². The van der Waals surface area contributed by atoms with Crippen LogP contribution in [0.2, 0.25) is 0 Å². The van der Waals surface area contributed by atoms with Crippen molar-refractivity contribution in [2.75, 3.05) is 0 Å². The Morgan fingerprint density at radius 3 is 2.62 bits per heavy atom. The van der Waals surface area contributed by atoms with E-state index in [-0.39, 0.29) is 0 Å². The summed E-state index contributed by atoms with van der Waals surface area (Å²) in [6.07, 6.45) is 3.19. The maximum Gasteiger partial charge on any atom is 0.0248 e. The van der Waals surface area contributed by atoms with E-state index in [0.29, 0.717) is 0 Å². The fourth-order valence-corrected chi connectivity index (χ4v) is 1.05. The molecule has 0 amide bonds. The van der Waals surface area contributed by atoms with Crippen LogP contribution >= 0.6 is 0 Å². The van der Waals surface area contributed by atoms with E-state index in [4.69, 9.17) is 0 Å². The lowest BCUT2D eigenvalue weighted by atomic mass is 10.2. The predicted molar refractivity (Wildman–Crippen MR) is 57.4 cm³/mol. The third-order valence-electron chi connectivity index (χ3n) is 1.69. The summed E-state index contributed by atoms with van der Waals surface area (Å²) in [6.45, 7) is 4.16. The van der Waals surface area contributed by atoms with Gasteiger partial charge in [0.25, 0.3) is 0 Å². The molecule has 0 atom stereocenters. The highest BCUT2D eigenvalue weighted by atomic mass is 13.9. The number of allylic oxidation sites excluding steroid dienone is 2. The van der Waals surface area contributed by atoms with Crippen molar-refractivity contribution in [1.82, 2.24) is 0 Å². The standard InChI is InChI=1S/C13H14/c1-3-7-12(2)10-11-13-8-5-4-6-9-13/h4-9H,3H2,1-2H3/b12-7+. The van der Waals surface area contributed by atoms with Gasteiger partial charge in [-0.2, -0.15) is 0 Å². The molecule has 0 heterocycles. The largest absolute Gasteiger partial charge is 0.0735 e. The lowest BCUT2D eigenvalue weighted by Crippen LogP contribution is -1.72. The van der Waals surface area contributed by atoms with Crippen molar-refractivity contribution in [3.63, 3.8) is 0 Å². The van der Waals surface area contributed by atoms with Crippen molar-refractivity contribution >= 4 is 0 Å². The third-order valence-corrected chi connectivity index (χ3v) is 1.69. The predicted octanol–water partition coefficient (Wildman–Crippen LogP) is 3.39. The van der Waals surface area contributed by atoms with Crippen molar-refractivity contribution in [3.8, 4) is 11.8 Å². The Bertz CT molecular complexity index is 333. The molecule has 0 fully saturated rings. The first-order valence-corrected chi connectivity index (χ1v) is 4.56. The molecule has 0 heteroatoms. The molecular weight excluding hydrogens is 156 g/mol. The monoisotopic (exact) mass is 170 g/mol. The minimum absolute atomic E-state index is 1.05. The van der Waals surface area contributed by atoms with Gasteiger partial charge in [-0.15, -0.1) is 0 Å². The minimum Gasteiger partial charge on any atom is -0.0735 e. The second kappa shape index (κ2) is 5.22. The van der Waals surface area contributed by atoms with Gasteiger partial charge in [0.05, 0.1) is 0 Å². The van der Waals surface area contributed by atoms with Crippen LogP contribution in [-0.2, 0) is 0 Å². The number of hydrogen-bond acceptors (Lipinski definition) is 0. The molecule has 0 N–H and O–H groups in total. The fourth-order valence-electron chi connectivity index (χ4n) is 1.05. The van der Waals surface area contributed by atoms with E-state index in [0.717, 1.165) is 17.6 Å². The molecule has 0 aliphatic carbocycles. The van der Waals surface area contributed by atoms with E-state index in [9.17, 15) is 0 Å². The number of benzene rings is 1. The van der Waals surface area contributed by atoms with Crippen LogP contribution in [0.4, 0.5) is 0 Å². The maximum atomic E-state index is 3.11. The Kier molecular flexibility index (Phi) is 3.85. The SMILES string of the molecule is CC/C=C(\C)C#Cc1ccccc1. The van der Waals surface area contributed by atoms with Gasteiger partial charge in [0, 0.05) is 5.56 Å². The molecule has 0 saturated heterocycles. The maximum absolute atomic E-state index is 3.11. The molecule has 13 heavy (non-hydrogen) atoms. The molecule has 0 nitrogen and oxygen atoms in total. The Balaban J connectivity index is 2.73. The first-order valence-electron chi connectivity index (χ1n) is 4.56. The summed E-state index contributed by atoms with van der Waals surface area (Å²) in [7, 11) is 0. The highest BCUT2D eigenvalue weighted by Gasteiger charge is 1.81. The molecule has 0 saturated carbocycles. The lowest BCUT2D eigenvalue weighted by Gasteiger charge is -1.87. The van der Waals surface area contributed by atoms with E-state index in [1.807, 2.05) is 37.3 Å². The van der Waals surface area contributed by atoms with Gasteiger partial charge in [0.15, 0.2) is 0 Å². The van der Waals surface area contributed by atoms with Crippen molar-refractivity contribution in [2.45, 2.75) is 20.3 Å². The summed E-state index contributed by atoms with van der Waals surface area (Å²) in [6, 6.07) is 10.0. The van der Waals surface area contributed by atoms with Crippen LogP contribution in [0.5, 0.6) is 0 Å². The van der Waals surface area contributed by atoms with E-state index in [1.165, 1.54) is 0 Å². The zero-order valence-electron chi connectivity index (χ0n) is 8.17. The molecule has 1 aromatic carbocycles. The Hall–Kier alpha value is -1.48. The topological polar surface area (TPSA) is 0 Å². The molecule has 1 aromatic rings. The van der Waals surface area contributed by atoms with Crippen molar-refractivity contribution in [1.29, 1.82) is 0 Å². The van der Waals surface area contributed by atoms with Gasteiger partial charge in [-0.25, -0.2) is 0 Å². The van der Waals surface area contributed by atoms with Crippen molar-refractivity contribution < 1.29 is 0 Å². The highest BCUT2D eigenvalue weighted by molar-refractivity contribution is 5.39. The van der Waals surface area contributed by atoms with Gasteiger partial charge in [-0.05, 0) is 31.1 Å². The van der Waals surface area contributed by atoms with Crippen molar-refractivity contribution in [3.05, 3.63) is 47.5 Å². The van der Waals surface area contributed by atoms with Crippen LogP contribution in [0.15, 0.2) is 42.0 Å². The summed E-state index contributed by atoms with van der Waals surface area (Å²) < 4.78 is 0. The molecule has 0 unspecified atom stereocenters. The molecule has 66 valence electrons. The van der Waals surface area contributed by atoms with Gasteiger partial charge in [0.1, 0.15) is 0 Å². The quantitative estimate of drug-likeness (QED) is 0.567. The lowest BCUT2D eigenvalue weighted by molar-refractivity contribution is 1.20. The summed E-state index contributed by atoms with van der Waals surface area (Å²) in [5.41, 5.74) is 2.22. The van der Waals surface area contributed by atoms with E-state index in [1.54, 1.807) is 0 Å². The highest BCUT2D eigenvalue weighted by Crippen LogP contribution is 1.97. The van der Waals surface area contributed by atoms with Gasteiger partial charge in [-0.1, -0.05) is 43.0 Å². The third kappa shape index (κ3) is 3.62. The zero-order chi connectivity index (χ0) is 9.52. The Morgan fingerprint density at radius 1 is 1.31 bits per heavy atom. The summed E-state index contributed by atoms with van der Waals surface area (Å²) in [5.74, 6) is 6.22. The fraction of sp³-hybridized carbons (Fsp3) is 0.231. The van der Waals surface area contributed by atoms with Crippen molar-refractivity contribution in [2.24, 2.45) is 0 Å². The van der Waals surface area contributed by atoms with E-state index >= 15 is 0 Å². The van der Waals surface area contributed by atoms with Crippen LogP contribution in [0.1, 0.15) is 25.8 Å². The second-order valence-electron chi connectivity index (χ2n) is 2.91. The number of hydrogen-bond donors (Lipinski definition) is 0. The molecule has 1 rings (SSSR count). The molecule has 0 aliphatic rings. The van der Waals surface area contributed by atoms with Crippen LogP contribution in [0, 0.1) is 11.8 Å². The summed E-state index contributed by atoms with van der Waals surface area (Å²) >= 11 is 0. The van der Waals surface area contributed by atoms with Gasteiger partial charge in [0.2, 0.25) is 0 Å². The first-order chi connectivity index (χ1) is 6.33. The smallest absolute Gasteiger partial charge is 0.0248 e. The first kappa shape index (κ1) is 9.61. The molecule has 0 radical (unpaired) electrons. The van der Waals surface area contributed by atoms with Gasteiger partial charge in [-0.3, -0.25) is 0 Å². The average molecular weight is 170 g/mol. The Morgan fingerprint density at radius 2 is 2.00 bits per heavy atom. The Labute approximate surface area is 80.3 Å². The van der Waals surface area contributed by atoms with E-state index < -0.39 is 0 Å². The summed E-state index contributed by atoms with van der Waals surface area (Å²) in [5, 5.41) is 0. The van der Waals surface area contributed by atoms with Gasteiger partial charge >= 0.3 is 0 Å². The van der Waals surface area contributed by atoms with E-state index in [2.05, 4.69) is 24.8 Å². The summed E-state index contributed by atoms with van der Waals surface area (Å²) in [4.78, 5) is 0. The molecule has 0 aliphatic heterocycles. The average Bonchev–Trinajstić information content (AvgIpc) is 2.17.